The first-order valence-corrected chi connectivity index (χ1v) is 10.1. The van der Waals surface area contributed by atoms with E-state index in [4.69, 9.17) is 14.6 Å². The Morgan fingerprint density at radius 2 is 2.14 bits per heavy atom. The maximum Gasteiger partial charge on any atom is 0.410 e. The van der Waals surface area contributed by atoms with Crippen LogP contribution in [-0.2, 0) is 19.5 Å². The van der Waals surface area contributed by atoms with Crippen LogP contribution in [0.5, 0.6) is 0 Å². The molecule has 2 rings (SSSR count). The smallest absolute Gasteiger partial charge is 0.410 e. The van der Waals surface area contributed by atoms with Crippen molar-refractivity contribution in [2.75, 3.05) is 31.6 Å². The van der Waals surface area contributed by atoms with Crippen LogP contribution in [0.3, 0.4) is 0 Å². The molecule has 0 radical (unpaired) electrons. The number of carbonyl (C=O) groups excluding carboxylic acids is 1. The Balaban J connectivity index is 2.17. The molecule has 0 spiro atoms. The van der Waals surface area contributed by atoms with Crippen molar-refractivity contribution in [2.45, 2.75) is 37.3 Å². The number of nitrogens with two attached hydrogens (primary N) is 1. The fourth-order valence-corrected chi connectivity index (χ4v) is 3.14. The molecule has 1 heterocycles. The number of nitrogens with zero attached hydrogens (tertiary/aromatic N) is 2. The Hall–Kier alpha value is -2.44. The standard InChI is InChI=1S/C16H24N4O7S/c1-16(2,3)27-15(21)19-6-7-26-10-11(19)9-18-13-5-4-12(28(17,24)25)8-14(13)20(22)23/h4-5,8,11,18H,6-7,9-10H2,1-3H3,(H2,17,24,25)/t11-/m1/s1. The number of nitrogens with one attached hydrogen (secondary N) is 1. The zero-order valence-electron chi connectivity index (χ0n) is 15.9. The van der Waals surface area contributed by atoms with Gasteiger partial charge in [-0.2, -0.15) is 0 Å². The van der Waals surface area contributed by atoms with E-state index in [1.807, 2.05) is 0 Å². The van der Waals surface area contributed by atoms with Gasteiger partial charge in [-0.25, -0.2) is 18.4 Å². The van der Waals surface area contributed by atoms with Gasteiger partial charge in [0.1, 0.15) is 11.3 Å². The summed E-state index contributed by atoms with van der Waals surface area (Å²) in [5.74, 6) is 0. The highest BCUT2D eigenvalue weighted by atomic mass is 32.2. The summed E-state index contributed by atoms with van der Waals surface area (Å²) in [4.78, 5) is 24.1. The zero-order chi connectivity index (χ0) is 21.1. The lowest BCUT2D eigenvalue weighted by Gasteiger charge is -2.36. The quantitative estimate of drug-likeness (QED) is 0.537. The number of hydrogen-bond acceptors (Lipinski definition) is 8. The van der Waals surface area contributed by atoms with Crippen molar-refractivity contribution in [3.63, 3.8) is 0 Å². The average molecular weight is 416 g/mol. The molecular formula is C16H24N4O7S. The molecule has 1 amide bonds. The third kappa shape index (κ3) is 5.78. The SMILES string of the molecule is CC(C)(C)OC(=O)N1CCOC[C@H]1CNc1ccc(S(N)(=O)=O)cc1[N+](=O)[O-]. The van der Waals surface area contributed by atoms with Crippen molar-refractivity contribution < 1.29 is 27.6 Å². The molecule has 1 aliphatic rings. The van der Waals surface area contributed by atoms with Gasteiger partial charge >= 0.3 is 6.09 Å². The number of primary sulfonamides is 1. The Morgan fingerprint density at radius 1 is 1.46 bits per heavy atom. The Bertz CT molecular complexity index is 851. The van der Waals surface area contributed by atoms with Gasteiger partial charge in [0.15, 0.2) is 0 Å². The summed E-state index contributed by atoms with van der Waals surface area (Å²) in [7, 11) is -4.07. The van der Waals surface area contributed by atoms with Crippen molar-refractivity contribution >= 4 is 27.5 Å². The normalized spacial score (nSPS) is 17.9. The number of nitro benzene ring substituents is 1. The van der Waals surface area contributed by atoms with Crippen LogP contribution in [0, 0.1) is 10.1 Å². The molecule has 0 unspecified atom stereocenters. The second-order valence-electron chi connectivity index (χ2n) is 7.26. The number of hydrogen-bond donors (Lipinski definition) is 2. The predicted octanol–water partition coefficient (Wildman–Crippen LogP) is 1.29. The molecule has 12 heteroatoms. The van der Waals surface area contributed by atoms with Gasteiger partial charge in [0.25, 0.3) is 5.69 Å². The van der Waals surface area contributed by atoms with Crippen molar-refractivity contribution in [1.82, 2.24) is 4.90 Å². The van der Waals surface area contributed by atoms with Crippen LogP contribution in [0.2, 0.25) is 0 Å². The summed E-state index contributed by atoms with van der Waals surface area (Å²) in [5.41, 5.74) is -0.991. The maximum atomic E-state index is 12.4. The highest BCUT2D eigenvalue weighted by molar-refractivity contribution is 7.89. The number of sulfonamides is 1. The number of carbonyl (C=O) groups is 1. The minimum Gasteiger partial charge on any atom is -0.444 e. The van der Waals surface area contributed by atoms with E-state index >= 15 is 0 Å². The van der Waals surface area contributed by atoms with Crippen molar-refractivity contribution in [2.24, 2.45) is 5.14 Å². The van der Waals surface area contributed by atoms with Gasteiger partial charge in [0.2, 0.25) is 10.0 Å². The number of rotatable bonds is 5. The zero-order valence-corrected chi connectivity index (χ0v) is 16.7. The predicted molar refractivity (Wildman–Crippen MR) is 101 cm³/mol. The molecule has 1 aromatic rings. The van der Waals surface area contributed by atoms with Gasteiger partial charge in [-0.3, -0.25) is 15.0 Å². The second-order valence-corrected chi connectivity index (χ2v) is 8.83. The van der Waals surface area contributed by atoms with Gasteiger partial charge in [-0.15, -0.1) is 0 Å². The molecule has 1 saturated heterocycles. The van der Waals surface area contributed by atoms with Gasteiger partial charge in [0.05, 0.1) is 29.1 Å². The molecule has 1 atom stereocenters. The van der Waals surface area contributed by atoms with Crippen molar-refractivity contribution in [3.8, 4) is 0 Å². The molecular weight excluding hydrogens is 392 g/mol. The number of anilines is 1. The van der Waals surface area contributed by atoms with E-state index in [0.717, 1.165) is 6.07 Å². The molecule has 0 saturated carbocycles. The van der Waals surface area contributed by atoms with Crippen molar-refractivity contribution in [3.05, 3.63) is 28.3 Å². The number of ether oxygens (including phenoxy) is 2. The number of benzene rings is 1. The van der Waals surface area contributed by atoms with Crippen LogP contribution >= 0.6 is 0 Å². The first-order valence-electron chi connectivity index (χ1n) is 8.51. The average Bonchev–Trinajstić information content (AvgIpc) is 2.57. The Kier molecular flexibility index (Phi) is 6.47. The molecule has 3 N–H and O–H groups in total. The van der Waals surface area contributed by atoms with E-state index in [9.17, 15) is 23.3 Å². The molecule has 0 aromatic heterocycles. The third-order valence-corrected chi connectivity index (χ3v) is 4.79. The number of amides is 1. The van der Waals surface area contributed by atoms with E-state index in [2.05, 4.69) is 5.32 Å². The molecule has 156 valence electrons. The minimum absolute atomic E-state index is 0.104. The summed E-state index contributed by atoms with van der Waals surface area (Å²) in [5, 5.41) is 19.2. The van der Waals surface area contributed by atoms with Crippen LogP contribution in [0.1, 0.15) is 20.8 Å². The third-order valence-electron chi connectivity index (χ3n) is 3.88. The molecule has 28 heavy (non-hydrogen) atoms. The molecule has 1 aliphatic heterocycles. The fourth-order valence-electron chi connectivity index (χ4n) is 2.60. The number of morpholine rings is 1. The second kappa shape index (κ2) is 8.29. The molecule has 1 fully saturated rings. The van der Waals surface area contributed by atoms with Crippen LogP contribution < -0.4 is 10.5 Å². The summed E-state index contributed by atoms with van der Waals surface area (Å²) >= 11 is 0. The van der Waals surface area contributed by atoms with Crippen LogP contribution in [0.15, 0.2) is 23.1 Å². The summed E-state index contributed by atoms with van der Waals surface area (Å²) < 4.78 is 33.6. The van der Waals surface area contributed by atoms with Gasteiger partial charge < -0.3 is 14.8 Å². The molecule has 0 aliphatic carbocycles. The first kappa shape index (κ1) is 21.9. The van der Waals surface area contributed by atoms with E-state index in [0.29, 0.717) is 13.2 Å². The summed E-state index contributed by atoms with van der Waals surface area (Å²) in [6.45, 7) is 6.34. The lowest BCUT2D eigenvalue weighted by atomic mass is 10.2. The minimum atomic E-state index is -4.07. The van der Waals surface area contributed by atoms with E-state index in [-0.39, 0.29) is 23.7 Å². The monoisotopic (exact) mass is 416 g/mol. The van der Waals surface area contributed by atoms with E-state index in [1.165, 1.54) is 17.0 Å². The highest BCUT2D eigenvalue weighted by Crippen LogP contribution is 2.27. The first-order chi connectivity index (χ1) is 12.9. The van der Waals surface area contributed by atoms with E-state index < -0.39 is 38.4 Å². The van der Waals surface area contributed by atoms with Crippen LogP contribution in [0.25, 0.3) is 0 Å². The van der Waals surface area contributed by atoms with Gasteiger partial charge in [0, 0.05) is 19.2 Å². The summed E-state index contributed by atoms with van der Waals surface area (Å²) in [6, 6.07) is 2.91. The lowest BCUT2D eigenvalue weighted by molar-refractivity contribution is -0.384. The van der Waals surface area contributed by atoms with Gasteiger partial charge in [-0.05, 0) is 32.9 Å². The molecule has 1 aromatic carbocycles. The van der Waals surface area contributed by atoms with E-state index in [1.54, 1.807) is 20.8 Å². The summed E-state index contributed by atoms with van der Waals surface area (Å²) in [6.07, 6.45) is -0.498. The van der Waals surface area contributed by atoms with Gasteiger partial charge in [-0.1, -0.05) is 0 Å². The largest absolute Gasteiger partial charge is 0.444 e. The maximum absolute atomic E-state index is 12.4. The van der Waals surface area contributed by atoms with Crippen LogP contribution in [0.4, 0.5) is 16.2 Å². The topological polar surface area (TPSA) is 154 Å². The fraction of sp³-hybridized carbons (Fsp3) is 0.562. The highest BCUT2D eigenvalue weighted by Gasteiger charge is 2.31. The number of nitro groups is 1. The molecule has 11 nitrogen and oxygen atoms in total. The Morgan fingerprint density at radius 3 is 2.71 bits per heavy atom. The van der Waals surface area contributed by atoms with Crippen molar-refractivity contribution in [1.29, 1.82) is 0 Å². The van der Waals surface area contributed by atoms with Crippen LogP contribution in [-0.4, -0.2) is 62.3 Å². The lowest BCUT2D eigenvalue weighted by Crippen LogP contribution is -2.53. The Labute approximate surface area is 163 Å². The molecule has 0 bridgehead atoms.